The lowest BCUT2D eigenvalue weighted by Gasteiger charge is -2.44. The van der Waals surface area contributed by atoms with Crippen LogP contribution in [0.15, 0.2) is 12.3 Å². The van der Waals surface area contributed by atoms with Crippen molar-refractivity contribution < 1.29 is 0 Å². The normalized spacial score (nSPS) is 28.9. The van der Waals surface area contributed by atoms with Crippen LogP contribution in [0.25, 0.3) is 0 Å². The Hall–Kier alpha value is -0.870. The van der Waals surface area contributed by atoms with Crippen molar-refractivity contribution in [3.05, 3.63) is 18.0 Å². The molecule has 1 aliphatic heterocycles. The molecule has 1 saturated heterocycles. The largest absolute Gasteiger partial charge is 0.314 e. The predicted octanol–water partition coefficient (Wildman–Crippen LogP) is 2.96. The number of nitrogens with one attached hydrogen (secondary N) is 1. The van der Waals surface area contributed by atoms with Crippen LogP contribution < -0.4 is 5.32 Å². The first-order valence-electron chi connectivity index (χ1n) is 8.71. The summed E-state index contributed by atoms with van der Waals surface area (Å²) < 4.78 is 2.24. The van der Waals surface area contributed by atoms with Gasteiger partial charge in [0.1, 0.15) is 0 Å². The molecule has 0 aromatic carbocycles. The molecule has 0 amide bonds. The maximum absolute atomic E-state index is 4.88. The molecule has 1 saturated carbocycles. The van der Waals surface area contributed by atoms with Gasteiger partial charge in [0.15, 0.2) is 0 Å². The number of rotatable bonds is 4. The Morgan fingerprint density at radius 1 is 1.33 bits per heavy atom. The maximum atomic E-state index is 4.88. The molecule has 1 atom stereocenters. The first-order valence-corrected chi connectivity index (χ1v) is 8.71. The summed E-state index contributed by atoms with van der Waals surface area (Å²) in [6.45, 7) is 8.97. The Morgan fingerprint density at radius 3 is 2.90 bits per heavy atom. The minimum atomic E-state index is 0.271. The molecule has 4 nitrogen and oxygen atoms in total. The highest BCUT2D eigenvalue weighted by molar-refractivity contribution is 5.03. The van der Waals surface area contributed by atoms with Gasteiger partial charge in [-0.05, 0) is 32.3 Å². The summed E-state index contributed by atoms with van der Waals surface area (Å²) in [6, 6.07) is 2.88. The summed E-state index contributed by atoms with van der Waals surface area (Å²) in [5.74, 6) is 0. The molecule has 1 aromatic rings. The summed E-state index contributed by atoms with van der Waals surface area (Å²) in [5.41, 5.74) is 1.51. The summed E-state index contributed by atoms with van der Waals surface area (Å²) in [4.78, 5) is 2.61. The van der Waals surface area contributed by atoms with Gasteiger partial charge >= 0.3 is 0 Å². The third-order valence-corrected chi connectivity index (χ3v) is 5.55. The highest BCUT2D eigenvalue weighted by atomic mass is 15.3. The third kappa shape index (κ3) is 3.32. The number of aromatic nitrogens is 2. The molecular formula is C17H30N4. The van der Waals surface area contributed by atoms with Crippen LogP contribution in [0.3, 0.4) is 0 Å². The Bertz CT molecular complexity index is 449. The summed E-state index contributed by atoms with van der Waals surface area (Å²) in [6.07, 6.45) is 10.1. The zero-order chi connectivity index (χ0) is 14.7. The second kappa shape index (κ2) is 6.49. The fraction of sp³-hybridized carbons (Fsp3) is 0.824. The van der Waals surface area contributed by atoms with E-state index in [1.807, 2.05) is 0 Å². The monoisotopic (exact) mass is 290 g/mol. The van der Waals surface area contributed by atoms with E-state index in [2.05, 4.69) is 41.0 Å². The zero-order valence-corrected chi connectivity index (χ0v) is 13.6. The lowest BCUT2D eigenvalue weighted by atomic mass is 9.94. The van der Waals surface area contributed by atoms with E-state index >= 15 is 0 Å². The molecule has 2 fully saturated rings. The first-order chi connectivity index (χ1) is 10.2. The average Bonchev–Trinajstić information content (AvgIpc) is 2.99. The number of piperazine rings is 1. The van der Waals surface area contributed by atoms with Crippen LogP contribution in [-0.2, 0) is 6.54 Å². The van der Waals surface area contributed by atoms with Crippen molar-refractivity contribution in [1.82, 2.24) is 20.0 Å². The molecule has 0 radical (unpaired) electrons. The van der Waals surface area contributed by atoms with Crippen molar-refractivity contribution in [2.45, 2.75) is 70.5 Å². The Kier molecular flexibility index (Phi) is 4.65. The van der Waals surface area contributed by atoms with Crippen LogP contribution in [0.1, 0.15) is 64.1 Å². The minimum Gasteiger partial charge on any atom is -0.314 e. The lowest BCUT2D eigenvalue weighted by molar-refractivity contribution is 0.0622. The van der Waals surface area contributed by atoms with Gasteiger partial charge in [-0.15, -0.1) is 0 Å². The number of hydrogen-bond donors (Lipinski definition) is 1. The molecular weight excluding hydrogens is 260 g/mol. The van der Waals surface area contributed by atoms with Crippen molar-refractivity contribution in [1.29, 1.82) is 0 Å². The van der Waals surface area contributed by atoms with Gasteiger partial charge in [0.2, 0.25) is 0 Å². The van der Waals surface area contributed by atoms with Crippen LogP contribution in [0.4, 0.5) is 0 Å². The van der Waals surface area contributed by atoms with Crippen molar-refractivity contribution in [2.75, 3.05) is 19.6 Å². The molecule has 0 spiro atoms. The highest BCUT2D eigenvalue weighted by Crippen LogP contribution is 2.28. The van der Waals surface area contributed by atoms with E-state index in [0.29, 0.717) is 6.04 Å². The lowest BCUT2D eigenvalue weighted by Crippen LogP contribution is -2.58. The van der Waals surface area contributed by atoms with Gasteiger partial charge in [-0.1, -0.05) is 26.2 Å². The number of hydrogen-bond acceptors (Lipinski definition) is 3. The molecule has 21 heavy (non-hydrogen) atoms. The Labute approximate surface area is 128 Å². The van der Waals surface area contributed by atoms with Crippen LogP contribution in [0.2, 0.25) is 0 Å². The fourth-order valence-corrected chi connectivity index (χ4v) is 3.78. The van der Waals surface area contributed by atoms with Crippen molar-refractivity contribution in [2.24, 2.45) is 0 Å². The maximum Gasteiger partial charge on any atom is 0.0765 e. The molecule has 1 aliphatic carbocycles. The smallest absolute Gasteiger partial charge is 0.0765 e. The van der Waals surface area contributed by atoms with E-state index in [1.165, 1.54) is 44.2 Å². The van der Waals surface area contributed by atoms with E-state index in [1.54, 1.807) is 0 Å². The van der Waals surface area contributed by atoms with Crippen molar-refractivity contribution in [3.63, 3.8) is 0 Å². The number of nitrogens with zero attached hydrogens (tertiary/aromatic N) is 3. The average molecular weight is 290 g/mol. The summed E-state index contributed by atoms with van der Waals surface area (Å²) in [5, 5.41) is 8.41. The van der Waals surface area contributed by atoms with Crippen LogP contribution in [-0.4, -0.2) is 39.9 Å². The molecule has 2 heterocycles. The van der Waals surface area contributed by atoms with Gasteiger partial charge in [-0.2, -0.15) is 5.10 Å². The second-order valence-electron chi connectivity index (χ2n) is 7.03. The zero-order valence-electron chi connectivity index (χ0n) is 13.6. The quantitative estimate of drug-likeness (QED) is 0.925. The van der Waals surface area contributed by atoms with Crippen LogP contribution >= 0.6 is 0 Å². The molecule has 2 aliphatic rings. The van der Waals surface area contributed by atoms with Gasteiger partial charge in [0.25, 0.3) is 0 Å². The van der Waals surface area contributed by atoms with Gasteiger partial charge < -0.3 is 5.32 Å². The van der Waals surface area contributed by atoms with Crippen molar-refractivity contribution in [3.8, 4) is 0 Å². The Balaban J connectivity index is 1.65. The SMILES string of the molecule is CCC1(C)CNCCN1Cc1ccn(C2CCCCC2)n1. The van der Waals surface area contributed by atoms with Crippen LogP contribution in [0, 0.1) is 0 Å². The molecule has 4 heteroatoms. The third-order valence-electron chi connectivity index (χ3n) is 5.55. The summed E-state index contributed by atoms with van der Waals surface area (Å²) >= 11 is 0. The minimum absolute atomic E-state index is 0.271. The van der Waals surface area contributed by atoms with Gasteiger partial charge in [-0.3, -0.25) is 9.58 Å². The van der Waals surface area contributed by atoms with E-state index in [9.17, 15) is 0 Å². The standard InChI is InChI=1S/C17H30N4/c1-3-17(2)14-18-10-12-20(17)13-15-9-11-21(19-15)16-7-5-4-6-8-16/h9,11,16,18H,3-8,10,12-14H2,1-2H3. The topological polar surface area (TPSA) is 33.1 Å². The highest BCUT2D eigenvalue weighted by Gasteiger charge is 2.32. The Morgan fingerprint density at radius 2 is 2.14 bits per heavy atom. The van der Waals surface area contributed by atoms with E-state index in [4.69, 9.17) is 5.10 Å². The van der Waals surface area contributed by atoms with E-state index < -0.39 is 0 Å². The first kappa shape index (κ1) is 15.0. The molecule has 1 unspecified atom stereocenters. The molecule has 118 valence electrons. The molecule has 3 rings (SSSR count). The molecule has 1 aromatic heterocycles. The van der Waals surface area contributed by atoms with Gasteiger partial charge in [0.05, 0.1) is 11.7 Å². The second-order valence-corrected chi connectivity index (χ2v) is 7.03. The van der Waals surface area contributed by atoms with E-state index in [0.717, 1.165) is 26.2 Å². The van der Waals surface area contributed by atoms with Crippen LogP contribution in [0.5, 0.6) is 0 Å². The fourth-order valence-electron chi connectivity index (χ4n) is 3.78. The van der Waals surface area contributed by atoms with Gasteiger partial charge in [0, 0.05) is 37.9 Å². The predicted molar refractivity (Wildman–Crippen MR) is 86.3 cm³/mol. The van der Waals surface area contributed by atoms with E-state index in [-0.39, 0.29) is 5.54 Å². The molecule has 0 bridgehead atoms. The summed E-state index contributed by atoms with van der Waals surface area (Å²) in [7, 11) is 0. The van der Waals surface area contributed by atoms with Crippen molar-refractivity contribution >= 4 is 0 Å². The molecule has 1 N–H and O–H groups in total. The van der Waals surface area contributed by atoms with Gasteiger partial charge in [-0.25, -0.2) is 0 Å².